The number of hydrogen-bond donors (Lipinski definition) is 0. The van der Waals surface area contributed by atoms with Crippen LogP contribution >= 0.6 is 15.9 Å². The number of carbonyl (C=O) groups is 1. The minimum Gasteiger partial charge on any atom is -0.462 e. The Balaban J connectivity index is 3.11. The van der Waals surface area contributed by atoms with Crippen molar-refractivity contribution in [2.24, 2.45) is 0 Å². The summed E-state index contributed by atoms with van der Waals surface area (Å²) in [6, 6.07) is 2.42. The molecule has 0 heterocycles. The summed E-state index contributed by atoms with van der Waals surface area (Å²) < 4.78 is 30.6. The number of ether oxygens (including phenoxy) is 1. The van der Waals surface area contributed by atoms with Gasteiger partial charge in [-0.05, 0) is 35.0 Å². The number of rotatable bonds is 2. The van der Waals surface area contributed by atoms with Crippen molar-refractivity contribution in [2.45, 2.75) is 6.92 Å². The SMILES string of the molecule is CCOC(=O)c1ccc(Br)c(F)c1F. The highest BCUT2D eigenvalue weighted by molar-refractivity contribution is 9.10. The molecule has 2 nitrogen and oxygen atoms in total. The van der Waals surface area contributed by atoms with Crippen molar-refractivity contribution in [1.82, 2.24) is 0 Å². The predicted octanol–water partition coefficient (Wildman–Crippen LogP) is 2.90. The van der Waals surface area contributed by atoms with Crippen molar-refractivity contribution in [1.29, 1.82) is 0 Å². The van der Waals surface area contributed by atoms with Gasteiger partial charge in [0.1, 0.15) is 0 Å². The number of carbonyl (C=O) groups excluding carboxylic acids is 1. The molecule has 76 valence electrons. The van der Waals surface area contributed by atoms with Gasteiger partial charge in [-0.15, -0.1) is 0 Å². The minimum absolute atomic E-state index is 0.0250. The van der Waals surface area contributed by atoms with Gasteiger partial charge in [0, 0.05) is 0 Å². The van der Waals surface area contributed by atoms with E-state index in [2.05, 4.69) is 20.7 Å². The van der Waals surface area contributed by atoms with E-state index >= 15 is 0 Å². The molecule has 0 aliphatic heterocycles. The van der Waals surface area contributed by atoms with Gasteiger partial charge in [0.2, 0.25) is 0 Å². The van der Waals surface area contributed by atoms with Crippen LogP contribution in [-0.2, 0) is 4.74 Å². The molecule has 0 saturated heterocycles. The summed E-state index contributed by atoms with van der Waals surface area (Å²) in [7, 11) is 0. The van der Waals surface area contributed by atoms with Crippen molar-refractivity contribution < 1.29 is 18.3 Å². The van der Waals surface area contributed by atoms with E-state index in [1.807, 2.05) is 0 Å². The molecular weight excluding hydrogens is 258 g/mol. The maximum Gasteiger partial charge on any atom is 0.341 e. The van der Waals surface area contributed by atoms with Crippen LogP contribution in [-0.4, -0.2) is 12.6 Å². The van der Waals surface area contributed by atoms with Gasteiger partial charge in [0.15, 0.2) is 11.6 Å². The fraction of sp³-hybridized carbons (Fsp3) is 0.222. The summed E-state index contributed by atoms with van der Waals surface area (Å²) in [6.07, 6.45) is 0. The van der Waals surface area contributed by atoms with Gasteiger partial charge >= 0.3 is 5.97 Å². The average molecular weight is 265 g/mol. The summed E-state index contributed by atoms with van der Waals surface area (Å²) >= 11 is 2.80. The third-order valence-electron chi connectivity index (χ3n) is 1.53. The Morgan fingerprint density at radius 2 is 2.07 bits per heavy atom. The number of hydrogen-bond acceptors (Lipinski definition) is 2. The van der Waals surface area contributed by atoms with Gasteiger partial charge in [0.25, 0.3) is 0 Å². The van der Waals surface area contributed by atoms with Gasteiger partial charge < -0.3 is 4.74 Å². The van der Waals surface area contributed by atoms with E-state index in [-0.39, 0.29) is 11.1 Å². The number of benzene rings is 1. The monoisotopic (exact) mass is 264 g/mol. The quantitative estimate of drug-likeness (QED) is 0.607. The molecule has 0 spiro atoms. The fourth-order valence-corrected chi connectivity index (χ4v) is 1.20. The standard InChI is InChI=1S/C9H7BrF2O2/c1-2-14-9(13)5-3-4-6(10)8(12)7(5)11/h3-4H,2H2,1H3. The van der Waals surface area contributed by atoms with Gasteiger partial charge in [-0.2, -0.15) is 0 Å². The molecule has 0 aromatic heterocycles. The van der Waals surface area contributed by atoms with E-state index in [1.165, 1.54) is 12.1 Å². The Morgan fingerprint density at radius 3 is 2.64 bits per heavy atom. The highest BCUT2D eigenvalue weighted by atomic mass is 79.9. The molecule has 0 unspecified atom stereocenters. The maximum atomic E-state index is 13.1. The highest BCUT2D eigenvalue weighted by Gasteiger charge is 2.18. The summed E-state index contributed by atoms with van der Waals surface area (Å²) in [5.74, 6) is -3.15. The molecule has 1 aromatic carbocycles. The molecule has 1 rings (SSSR count). The van der Waals surface area contributed by atoms with Crippen LogP contribution in [0.3, 0.4) is 0 Å². The third-order valence-corrected chi connectivity index (χ3v) is 2.14. The first-order chi connectivity index (χ1) is 6.57. The summed E-state index contributed by atoms with van der Waals surface area (Å²) in [5, 5.41) is 0. The molecular formula is C9H7BrF2O2. The van der Waals surface area contributed by atoms with Crippen LogP contribution in [0.25, 0.3) is 0 Å². The topological polar surface area (TPSA) is 26.3 Å². The lowest BCUT2D eigenvalue weighted by Gasteiger charge is -2.04. The molecule has 0 radical (unpaired) electrons. The Labute approximate surface area is 88.0 Å². The molecule has 0 bridgehead atoms. The summed E-state index contributed by atoms with van der Waals surface area (Å²) in [6.45, 7) is 1.71. The molecule has 0 aliphatic rings. The number of halogens is 3. The first-order valence-corrected chi connectivity index (χ1v) is 4.67. The lowest BCUT2D eigenvalue weighted by molar-refractivity contribution is 0.0519. The van der Waals surface area contributed by atoms with E-state index in [4.69, 9.17) is 0 Å². The molecule has 5 heteroatoms. The largest absolute Gasteiger partial charge is 0.462 e. The van der Waals surface area contributed by atoms with Crippen molar-refractivity contribution in [3.8, 4) is 0 Å². The zero-order valence-corrected chi connectivity index (χ0v) is 8.90. The van der Waals surface area contributed by atoms with Gasteiger partial charge in [-0.25, -0.2) is 13.6 Å². The Kier molecular flexibility index (Phi) is 3.57. The molecule has 0 atom stereocenters. The maximum absolute atomic E-state index is 13.1. The molecule has 0 fully saturated rings. The van der Waals surface area contributed by atoms with Gasteiger partial charge in [-0.3, -0.25) is 0 Å². The van der Waals surface area contributed by atoms with Crippen molar-refractivity contribution >= 4 is 21.9 Å². The van der Waals surface area contributed by atoms with Crippen LogP contribution in [0.5, 0.6) is 0 Å². The number of esters is 1. The second kappa shape index (κ2) is 4.50. The third kappa shape index (κ3) is 2.09. The lowest BCUT2D eigenvalue weighted by Crippen LogP contribution is -2.08. The Morgan fingerprint density at radius 1 is 1.43 bits per heavy atom. The van der Waals surface area contributed by atoms with Crippen LogP contribution in [0.15, 0.2) is 16.6 Å². The van der Waals surface area contributed by atoms with Crippen molar-refractivity contribution in [3.05, 3.63) is 33.8 Å². The van der Waals surface area contributed by atoms with E-state index in [9.17, 15) is 13.6 Å². The zero-order chi connectivity index (χ0) is 10.7. The average Bonchev–Trinajstić information content (AvgIpc) is 2.15. The molecule has 0 saturated carbocycles. The van der Waals surface area contributed by atoms with Crippen LogP contribution in [0, 0.1) is 11.6 Å². The van der Waals surface area contributed by atoms with Crippen LogP contribution in [0.1, 0.15) is 17.3 Å². The molecule has 0 amide bonds. The molecule has 0 aliphatic carbocycles. The second-order valence-electron chi connectivity index (χ2n) is 2.44. The summed E-state index contributed by atoms with van der Waals surface area (Å²) in [4.78, 5) is 11.1. The minimum atomic E-state index is -1.20. The van der Waals surface area contributed by atoms with Crippen molar-refractivity contribution in [2.75, 3.05) is 6.61 Å². The predicted molar refractivity (Wildman–Crippen MR) is 50.0 cm³/mol. The molecule has 14 heavy (non-hydrogen) atoms. The Bertz CT molecular complexity index is 366. The lowest BCUT2D eigenvalue weighted by atomic mass is 10.2. The highest BCUT2D eigenvalue weighted by Crippen LogP contribution is 2.21. The van der Waals surface area contributed by atoms with Crippen LogP contribution in [0.2, 0.25) is 0 Å². The van der Waals surface area contributed by atoms with Crippen molar-refractivity contribution in [3.63, 3.8) is 0 Å². The smallest absolute Gasteiger partial charge is 0.341 e. The summed E-state index contributed by atoms with van der Waals surface area (Å²) in [5.41, 5.74) is -0.396. The zero-order valence-electron chi connectivity index (χ0n) is 7.31. The second-order valence-corrected chi connectivity index (χ2v) is 3.30. The van der Waals surface area contributed by atoms with E-state index in [1.54, 1.807) is 6.92 Å². The van der Waals surface area contributed by atoms with E-state index < -0.39 is 23.2 Å². The first kappa shape index (κ1) is 11.1. The van der Waals surface area contributed by atoms with E-state index in [0.29, 0.717) is 0 Å². The van der Waals surface area contributed by atoms with Gasteiger partial charge in [-0.1, -0.05) is 0 Å². The fourth-order valence-electron chi connectivity index (χ4n) is 0.892. The molecule has 0 N–H and O–H groups in total. The van der Waals surface area contributed by atoms with Crippen LogP contribution < -0.4 is 0 Å². The van der Waals surface area contributed by atoms with Crippen LogP contribution in [0.4, 0.5) is 8.78 Å². The normalized spacial score (nSPS) is 10.0. The van der Waals surface area contributed by atoms with Gasteiger partial charge in [0.05, 0.1) is 16.6 Å². The molecule has 1 aromatic rings. The van der Waals surface area contributed by atoms with E-state index in [0.717, 1.165) is 0 Å². The first-order valence-electron chi connectivity index (χ1n) is 3.88. The Hall–Kier alpha value is -0.970.